The van der Waals surface area contributed by atoms with Crippen molar-refractivity contribution in [3.8, 4) is 0 Å². The number of nitrogens with one attached hydrogen (secondary N) is 1. The fourth-order valence-corrected chi connectivity index (χ4v) is 6.00. The molecule has 0 aliphatic heterocycles. The Hall–Kier alpha value is -0.430. The molecule has 3 N–H and O–H groups in total. The van der Waals surface area contributed by atoms with Gasteiger partial charge in [0, 0.05) is 17.5 Å². The van der Waals surface area contributed by atoms with Crippen molar-refractivity contribution in [2.45, 2.75) is 63.4 Å². The third-order valence-corrected chi connectivity index (χ3v) is 7.09. The van der Waals surface area contributed by atoms with E-state index in [2.05, 4.69) is 11.6 Å². The summed E-state index contributed by atoms with van der Waals surface area (Å²) in [6.45, 7) is 4.25. The summed E-state index contributed by atoms with van der Waals surface area (Å²) >= 11 is 1.43. The molecular weight excluding hydrogens is 292 g/mol. The molecule has 1 aliphatic rings. The van der Waals surface area contributed by atoms with Gasteiger partial charge in [0.2, 0.25) is 10.0 Å². The van der Waals surface area contributed by atoms with Crippen LogP contribution in [0.5, 0.6) is 0 Å². The minimum atomic E-state index is -3.46. The molecule has 0 spiro atoms. The van der Waals surface area contributed by atoms with E-state index in [1.54, 1.807) is 0 Å². The lowest BCUT2D eigenvalue weighted by Crippen LogP contribution is -2.39. The third kappa shape index (κ3) is 3.42. The normalized spacial score (nSPS) is 24.6. The summed E-state index contributed by atoms with van der Waals surface area (Å²) in [5.74, 6) is 0.396. The molecule has 4 nitrogen and oxygen atoms in total. The molecule has 114 valence electrons. The molecular formula is C14H24N2O2S2. The minimum absolute atomic E-state index is 0.0485. The summed E-state index contributed by atoms with van der Waals surface area (Å²) in [5.41, 5.74) is 6.46. The zero-order chi connectivity index (χ0) is 14.8. The van der Waals surface area contributed by atoms with Gasteiger partial charge in [-0.15, -0.1) is 11.3 Å². The molecule has 0 saturated heterocycles. The second-order valence-electron chi connectivity index (χ2n) is 5.72. The van der Waals surface area contributed by atoms with Gasteiger partial charge in [-0.2, -0.15) is 0 Å². The minimum Gasteiger partial charge on any atom is -0.326 e. The number of nitrogens with two attached hydrogens (primary N) is 1. The maximum absolute atomic E-state index is 12.7. The highest BCUT2D eigenvalue weighted by Crippen LogP contribution is 2.29. The predicted molar refractivity (Wildman–Crippen MR) is 83.3 cm³/mol. The largest absolute Gasteiger partial charge is 0.326 e. The van der Waals surface area contributed by atoms with Gasteiger partial charge in [0.25, 0.3) is 0 Å². The molecule has 0 aromatic carbocycles. The van der Waals surface area contributed by atoms with E-state index in [1.807, 2.05) is 12.3 Å². The number of rotatable bonds is 4. The number of aryl methyl sites for hydroxylation is 1. The van der Waals surface area contributed by atoms with Crippen LogP contribution in [0.2, 0.25) is 0 Å². The average molecular weight is 316 g/mol. The standard InChI is InChI=1S/C14H24N2O2S2/c1-10-6-4-3-5-7-12(10)16-20(17,18)14-11(2)9-19-13(14)8-15/h9-10,12,16H,3-8,15H2,1-2H3. The zero-order valence-electron chi connectivity index (χ0n) is 12.2. The molecule has 0 bridgehead atoms. The van der Waals surface area contributed by atoms with Gasteiger partial charge in [0.15, 0.2) is 0 Å². The molecule has 1 heterocycles. The van der Waals surface area contributed by atoms with Crippen molar-refractivity contribution in [3.05, 3.63) is 15.8 Å². The lowest BCUT2D eigenvalue weighted by molar-refractivity contribution is 0.399. The van der Waals surface area contributed by atoms with Crippen molar-refractivity contribution in [2.24, 2.45) is 11.7 Å². The molecule has 1 aromatic heterocycles. The van der Waals surface area contributed by atoms with Crippen molar-refractivity contribution in [1.29, 1.82) is 0 Å². The first-order valence-corrected chi connectivity index (χ1v) is 9.61. The Kier molecular flexibility index (Phi) is 5.23. The second-order valence-corrected chi connectivity index (χ2v) is 8.33. The molecule has 0 radical (unpaired) electrons. The highest BCUT2D eigenvalue weighted by atomic mass is 32.2. The molecule has 1 saturated carbocycles. The number of hydrogen-bond donors (Lipinski definition) is 2. The van der Waals surface area contributed by atoms with Crippen LogP contribution in [0.4, 0.5) is 0 Å². The Morgan fingerprint density at radius 2 is 2.05 bits per heavy atom. The summed E-state index contributed by atoms with van der Waals surface area (Å²) in [6.07, 6.45) is 5.53. The molecule has 1 aromatic rings. The molecule has 2 rings (SSSR count). The van der Waals surface area contributed by atoms with Gasteiger partial charge in [-0.1, -0.05) is 26.2 Å². The fraction of sp³-hybridized carbons (Fsp3) is 0.714. The third-order valence-electron chi connectivity index (χ3n) is 4.11. The highest BCUT2D eigenvalue weighted by molar-refractivity contribution is 7.89. The Morgan fingerprint density at radius 1 is 1.35 bits per heavy atom. The van der Waals surface area contributed by atoms with Crippen molar-refractivity contribution < 1.29 is 8.42 Å². The number of thiophene rings is 1. The Bertz CT molecular complexity index is 552. The van der Waals surface area contributed by atoms with Crippen LogP contribution < -0.4 is 10.5 Å². The van der Waals surface area contributed by atoms with Crippen LogP contribution in [-0.4, -0.2) is 14.5 Å². The van der Waals surface area contributed by atoms with Gasteiger partial charge >= 0.3 is 0 Å². The first-order chi connectivity index (χ1) is 9.45. The molecule has 1 aliphatic carbocycles. The van der Waals surface area contributed by atoms with Crippen LogP contribution in [0.1, 0.15) is 49.5 Å². The van der Waals surface area contributed by atoms with Crippen molar-refractivity contribution in [2.75, 3.05) is 0 Å². The number of hydrogen-bond acceptors (Lipinski definition) is 4. The van der Waals surface area contributed by atoms with Crippen molar-refractivity contribution >= 4 is 21.4 Å². The molecule has 1 fully saturated rings. The van der Waals surface area contributed by atoms with E-state index < -0.39 is 10.0 Å². The Balaban J connectivity index is 2.24. The van der Waals surface area contributed by atoms with E-state index in [0.717, 1.165) is 29.7 Å². The second kappa shape index (κ2) is 6.56. The van der Waals surface area contributed by atoms with Crippen LogP contribution in [0, 0.1) is 12.8 Å². The SMILES string of the molecule is Cc1csc(CN)c1S(=O)(=O)NC1CCCCCC1C. The van der Waals surface area contributed by atoms with E-state index in [-0.39, 0.29) is 12.6 Å². The summed E-state index contributed by atoms with van der Waals surface area (Å²) in [7, 11) is -3.46. The first-order valence-electron chi connectivity index (χ1n) is 7.25. The monoisotopic (exact) mass is 316 g/mol. The lowest BCUT2D eigenvalue weighted by Gasteiger charge is -2.23. The maximum atomic E-state index is 12.7. The topological polar surface area (TPSA) is 72.2 Å². The van der Waals surface area contributed by atoms with Crippen molar-refractivity contribution in [3.63, 3.8) is 0 Å². The van der Waals surface area contributed by atoms with Gasteiger partial charge in [-0.05, 0) is 36.6 Å². The van der Waals surface area contributed by atoms with Crippen LogP contribution in [-0.2, 0) is 16.6 Å². The van der Waals surface area contributed by atoms with Gasteiger partial charge in [-0.3, -0.25) is 0 Å². The molecule has 20 heavy (non-hydrogen) atoms. The van der Waals surface area contributed by atoms with E-state index in [9.17, 15) is 8.42 Å². The van der Waals surface area contributed by atoms with Crippen LogP contribution >= 0.6 is 11.3 Å². The zero-order valence-corrected chi connectivity index (χ0v) is 13.8. The van der Waals surface area contributed by atoms with Crippen LogP contribution in [0.15, 0.2) is 10.3 Å². The summed E-state index contributed by atoms with van der Waals surface area (Å²) < 4.78 is 28.2. The van der Waals surface area contributed by atoms with E-state index in [4.69, 9.17) is 5.73 Å². The highest BCUT2D eigenvalue weighted by Gasteiger charge is 2.28. The van der Waals surface area contributed by atoms with Crippen LogP contribution in [0.3, 0.4) is 0 Å². The molecule has 2 atom stereocenters. The van der Waals surface area contributed by atoms with E-state index >= 15 is 0 Å². The molecule has 2 unspecified atom stereocenters. The molecule has 0 amide bonds. The van der Waals surface area contributed by atoms with Crippen molar-refractivity contribution in [1.82, 2.24) is 4.72 Å². The maximum Gasteiger partial charge on any atom is 0.242 e. The van der Waals surface area contributed by atoms with Crippen LogP contribution in [0.25, 0.3) is 0 Å². The fourth-order valence-electron chi connectivity index (χ4n) is 2.92. The first kappa shape index (κ1) is 15.9. The molecule has 6 heteroatoms. The van der Waals surface area contributed by atoms with Gasteiger partial charge in [0.05, 0.1) is 0 Å². The van der Waals surface area contributed by atoms with E-state index in [0.29, 0.717) is 10.8 Å². The average Bonchev–Trinajstić information content (AvgIpc) is 2.67. The van der Waals surface area contributed by atoms with Gasteiger partial charge in [-0.25, -0.2) is 13.1 Å². The Labute approximate surface area is 125 Å². The quantitative estimate of drug-likeness (QED) is 0.839. The lowest BCUT2D eigenvalue weighted by atomic mass is 9.98. The smallest absolute Gasteiger partial charge is 0.242 e. The summed E-state index contributed by atoms with van der Waals surface area (Å²) in [6, 6.07) is 0.0485. The summed E-state index contributed by atoms with van der Waals surface area (Å²) in [5, 5.41) is 1.87. The van der Waals surface area contributed by atoms with Gasteiger partial charge < -0.3 is 5.73 Å². The van der Waals surface area contributed by atoms with Gasteiger partial charge in [0.1, 0.15) is 4.90 Å². The Morgan fingerprint density at radius 3 is 2.75 bits per heavy atom. The summed E-state index contributed by atoms with van der Waals surface area (Å²) in [4.78, 5) is 1.15. The van der Waals surface area contributed by atoms with E-state index in [1.165, 1.54) is 24.2 Å². The number of sulfonamides is 1. The predicted octanol–water partition coefficient (Wildman–Crippen LogP) is 2.76.